The molecule has 2 aromatic carbocycles. The van der Waals surface area contributed by atoms with Crippen molar-refractivity contribution < 1.29 is 19.4 Å². The lowest BCUT2D eigenvalue weighted by molar-refractivity contribution is 0.396. The Morgan fingerprint density at radius 3 is 2.11 bits per heavy atom. The summed E-state index contributed by atoms with van der Waals surface area (Å²) in [6, 6.07) is 7.10. The summed E-state index contributed by atoms with van der Waals surface area (Å²) >= 11 is 0. The monoisotopic (exact) mass is 502 g/mol. The van der Waals surface area contributed by atoms with Gasteiger partial charge in [-0.25, -0.2) is 0 Å². The minimum absolute atomic E-state index is 0.0203. The fraction of sp³-hybridized carbons (Fsp3) is 0.286. The van der Waals surface area contributed by atoms with E-state index in [9.17, 15) is 15.0 Å². The number of hydrogen-bond acceptors (Lipinski definition) is 8. The summed E-state index contributed by atoms with van der Waals surface area (Å²) in [6.07, 6.45) is 4.40. The predicted molar refractivity (Wildman–Crippen MR) is 142 cm³/mol. The number of fused-ring (bicyclic) bond motifs is 1. The van der Waals surface area contributed by atoms with Gasteiger partial charge in [0.15, 0.2) is 5.76 Å². The first-order valence-corrected chi connectivity index (χ1v) is 11.8. The van der Waals surface area contributed by atoms with Gasteiger partial charge in [0.05, 0.1) is 14.2 Å². The quantitative estimate of drug-likeness (QED) is 0.335. The van der Waals surface area contributed by atoms with Gasteiger partial charge in [0, 0.05) is 22.3 Å². The lowest BCUT2D eigenvalue weighted by Gasteiger charge is -2.16. The lowest BCUT2D eigenvalue weighted by Crippen LogP contribution is -2.10. The summed E-state index contributed by atoms with van der Waals surface area (Å²) in [6.45, 7) is 7.74. The summed E-state index contributed by atoms with van der Waals surface area (Å²) in [7, 11) is 3.06. The normalized spacial score (nSPS) is 11.0. The molecule has 0 saturated carbocycles. The molecule has 2 N–H and O–H groups in total. The summed E-state index contributed by atoms with van der Waals surface area (Å²) in [5, 5.41) is 34.4. The van der Waals surface area contributed by atoms with Crippen LogP contribution >= 0.6 is 0 Å². The van der Waals surface area contributed by atoms with Crippen LogP contribution in [0.4, 0.5) is 0 Å². The summed E-state index contributed by atoms with van der Waals surface area (Å²) in [5.41, 5.74) is 3.66. The topological polar surface area (TPSA) is 124 Å². The van der Waals surface area contributed by atoms with Gasteiger partial charge in [-0.15, -0.1) is 10.2 Å². The van der Waals surface area contributed by atoms with Crippen LogP contribution < -0.4 is 10.2 Å². The average molecular weight is 503 g/mol. The van der Waals surface area contributed by atoms with Crippen molar-refractivity contribution in [2.24, 2.45) is 7.05 Å². The van der Waals surface area contributed by atoms with Crippen LogP contribution in [-0.4, -0.2) is 37.5 Å². The number of aryl methyl sites for hydroxylation is 1. The maximum absolute atomic E-state index is 13.7. The summed E-state index contributed by atoms with van der Waals surface area (Å²) in [5.74, 6) is 0.203. The van der Waals surface area contributed by atoms with Gasteiger partial charge >= 0.3 is 0 Å². The van der Waals surface area contributed by atoms with Crippen LogP contribution in [0.5, 0.6) is 17.2 Å². The molecule has 0 radical (unpaired) electrons. The van der Waals surface area contributed by atoms with E-state index in [4.69, 9.17) is 9.15 Å². The van der Waals surface area contributed by atoms with Crippen LogP contribution in [0.3, 0.4) is 0 Å². The third-order valence-electron chi connectivity index (χ3n) is 5.99. The van der Waals surface area contributed by atoms with E-state index in [-0.39, 0.29) is 46.0 Å². The second-order valence-corrected chi connectivity index (χ2v) is 9.30. The first-order valence-electron chi connectivity index (χ1n) is 11.8. The average Bonchev–Trinajstić information content (AvgIpc) is 3.29. The molecule has 0 atom stereocenters. The van der Waals surface area contributed by atoms with Crippen LogP contribution in [0.2, 0.25) is 0 Å². The molecule has 2 heterocycles. The van der Waals surface area contributed by atoms with Gasteiger partial charge in [-0.2, -0.15) is 4.80 Å². The Kier molecular flexibility index (Phi) is 7.15. The van der Waals surface area contributed by atoms with Crippen LogP contribution in [0.1, 0.15) is 38.8 Å². The maximum atomic E-state index is 13.7. The fourth-order valence-corrected chi connectivity index (χ4v) is 4.04. The highest BCUT2D eigenvalue weighted by Gasteiger charge is 2.26. The second kappa shape index (κ2) is 10.3. The second-order valence-electron chi connectivity index (χ2n) is 9.30. The van der Waals surface area contributed by atoms with Gasteiger partial charge in [0.2, 0.25) is 17.0 Å². The Bertz CT molecular complexity index is 1590. The third-order valence-corrected chi connectivity index (χ3v) is 5.99. The molecule has 192 valence electrons. The highest BCUT2D eigenvalue weighted by Crippen LogP contribution is 2.43. The van der Waals surface area contributed by atoms with E-state index >= 15 is 0 Å². The Morgan fingerprint density at radius 1 is 0.973 bits per heavy atom. The zero-order valence-electron chi connectivity index (χ0n) is 21.8. The number of tetrazole rings is 1. The number of aromatic hydroxyl groups is 2. The van der Waals surface area contributed by atoms with Crippen LogP contribution in [0.25, 0.3) is 33.7 Å². The van der Waals surface area contributed by atoms with Crippen molar-refractivity contribution in [2.45, 2.75) is 40.5 Å². The molecule has 4 rings (SSSR count). The molecule has 0 amide bonds. The molecule has 0 aliphatic carbocycles. The molecule has 9 heteroatoms. The minimum atomic E-state index is -0.521. The van der Waals surface area contributed by atoms with Crippen molar-refractivity contribution in [3.05, 3.63) is 68.9 Å². The van der Waals surface area contributed by atoms with E-state index in [0.717, 1.165) is 16.7 Å². The number of hydrogen-bond donors (Lipinski definition) is 2. The molecule has 0 spiro atoms. The van der Waals surface area contributed by atoms with Gasteiger partial charge in [-0.1, -0.05) is 47.6 Å². The van der Waals surface area contributed by atoms with Gasteiger partial charge < -0.3 is 19.4 Å². The van der Waals surface area contributed by atoms with E-state index in [1.54, 1.807) is 31.3 Å². The summed E-state index contributed by atoms with van der Waals surface area (Å²) < 4.78 is 11.7. The molecule has 0 aliphatic heterocycles. The first-order chi connectivity index (χ1) is 17.6. The van der Waals surface area contributed by atoms with Crippen molar-refractivity contribution >= 4 is 11.0 Å². The van der Waals surface area contributed by atoms with E-state index < -0.39 is 5.43 Å². The molecular weight excluding hydrogens is 472 g/mol. The van der Waals surface area contributed by atoms with E-state index in [1.807, 2.05) is 39.8 Å². The van der Waals surface area contributed by atoms with Crippen LogP contribution in [0, 0.1) is 0 Å². The molecule has 4 aromatic rings. The Morgan fingerprint density at radius 2 is 1.57 bits per heavy atom. The first kappa shape index (κ1) is 25.7. The standard InChI is InChI=1S/C28H30N4O5/c1-15(2)7-13-19-22(33)20(14-8-16(3)4)26-21(23(19)34)24(35)27(36-6)25(37-26)17-9-11-18(12-10-17)28-29-31-32(5)30-28/h7-12,33-34H,13-14H2,1-6H3. The van der Waals surface area contributed by atoms with E-state index in [0.29, 0.717) is 23.4 Å². The van der Waals surface area contributed by atoms with Gasteiger partial charge in [-0.3, -0.25) is 4.79 Å². The Balaban J connectivity index is 1.98. The zero-order valence-corrected chi connectivity index (χ0v) is 21.8. The minimum Gasteiger partial charge on any atom is -0.507 e. The number of methoxy groups -OCH3 is 1. The van der Waals surface area contributed by atoms with Gasteiger partial charge in [0.25, 0.3) is 0 Å². The molecule has 0 fully saturated rings. The summed E-state index contributed by atoms with van der Waals surface area (Å²) in [4.78, 5) is 15.0. The highest BCUT2D eigenvalue weighted by atomic mass is 16.5. The van der Waals surface area contributed by atoms with Crippen molar-refractivity contribution in [1.29, 1.82) is 0 Å². The molecule has 2 aromatic heterocycles. The molecule has 0 aliphatic rings. The largest absolute Gasteiger partial charge is 0.507 e. The number of nitrogens with zero attached hydrogens (tertiary/aromatic N) is 4. The van der Waals surface area contributed by atoms with Crippen molar-refractivity contribution in [3.8, 4) is 40.0 Å². The molecule has 0 bridgehead atoms. The number of aromatic nitrogens is 4. The van der Waals surface area contributed by atoms with Gasteiger partial charge in [0.1, 0.15) is 22.5 Å². The fourth-order valence-electron chi connectivity index (χ4n) is 4.04. The number of phenolic OH excluding ortho intramolecular Hbond substituents is 2. The van der Waals surface area contributed by atoms with Crippen LogP contribution in [-0.2, 0) is 19.9 Å². The predicted octanol–water partition coefficient (Wildman–Crippen LogP) is 5.09. The number of ether oxygens (including phenoxy) is 1. The van der Waals surface area contributed by atoms with E-state index in [2.05, 4.69) is 15.4 Å². The van der Waals surface area contributed by atoms with Crippen LogP contribution in [0.15, 0.2) is 56.8 Å². The smallest absolute Gasteiger partial charge is 0.239 e. The Hall–Kier alpha value is -4.40. The molecule has 9 nitrogen and oxygen atoms in total. The third kappa shape index (κ3) is 4.97. The number of rotatable bonds is 7. The lowest BCUT2D eigenvalue weighted by atomic mass is 9.96. The molecule has 0 saturated heterocycles. The zero-order chi connectivity index (χ0) is 26.9. The SMILES string of the molecule is COc1c(-c2ccc(-c3nnn(C)n3)cc2)oc2c(CC=C(C)C)c(O)c(CC=C(C)C)c(O)c2c1=O. The number of allylic oxidation sites excluding steroid dienone is 4. The van der Waals surface area contributed by atoms with Crippen molar-refractivity contribution in [3.63, 3.8) is 0 Å². The molecular formula is C28H30N4O5. The molecule has 0 unspecified atom stereocenters. The number of phenols is 2. The van der Waals surface area contributed by atoms with Gasteiger partial charge in [-0.05, 0) is 45.7 Å². The van der Waals surface area contributed by atoms with Crippen molar-refractivity contribution in [1.82, 2.24) is 20.2 Å². The Labute approximate surface area is 214 Å². The molecule has 37 heavy (non-hydrogen) atoms. The number of benzene rings is 2. The van der Waals surface area contributed by atoms with E-state index in [1.165, 1.54) is 11.9 Å². The van der Waals surface area contributed by atoms with Crippen molar-refractivity contribution in [2.75, 3.05) is 7.11 Å². The maximum Gasteiger partial charge on any atom is 0.239 e. The highest BCUT2D eigenvalue weighted by molar-refractivity contribution is 5.93.